The van der Waals surface area contributed by atoms with E-state index in [1.54, 1.807) is 0 Å². The molecule has 2 aliphatic rings. The van der Waals surface area contributed by atoms with Gasteiger partial charge in [0, 0.05) is 28.9 Å². The molecule has 1 amide bonds. The molecule has 0 saturated heterocycles. The largest absolute Gasteiger partial charge is 0.355 e. The van der Waals surface area contributed by atoms with Crippen LogP contribution in [0, 0.1) is 5.92 Å². The Morgan fingerprint density at radius 3 is 2.50 bits per heavy atom. The summed E-state index contributed by atoms with van der Waals surface area (Å²) in [5, 5.41) is 3.18. The third-order valence-corrected chi connectivity index (χ3v) is 6.09. The zero-order chi connectivity index (χ0) is 15.6. The predicted octanol–water partition coefficient (Wildman–Crippen LogP) is 3.50. The molecule has 0 aromatic heterocycles. The van der Waals surface area contributed by atoms with E-state index in [9.17, 15) is 4.79 Å². The lowest BCUT2D eigenvalue weighted by molar-refractivity contribution is -0.122. The van der Waals surface area contributed by atoms with Crippen molar-refractivity contribution in [3.8, 4) is 0 Å². The van der Waals surface area contributed by atoms with Crippen LogP contribution < -0.4 is 11.1 Å². The molecule has 22 heavy (non-hydrogen) atoms. The highest BCUT2D eigenvalue weighted by Gasteiger charge is 2.39. The zero-order valence-corrected chi connectivity index (χ0v) is 14.6. The fraction of sp³-hybridized carbons (Fsp3) is 0.611. The van der Waals surface area contributed by atoms with Crippen LogP contribution in [0.2, 0.25) is 0 Å². The number of amides is 1. The van der Waals surface area contributed by atoms with Gasteiger partial charge in [0.05, 0.1) is 0 Å². The summed E-state index contributed by atoms with van der Waals surface area (Å²) in [6.45, 7) is 0.759. The second-order valence-electron chi connectivity index (χ2n) is 6.98. The molecule has 0 aliphatic heterocycles. The van der Waals surface area contributed by atoms with Crippen LogP contribution in [0.3, 0.4) is 0 Å². The molecule has 2 fully saturated rings. The number of nitrogens with one attached hydrogen (secondary N) is 1. The monoisotopic (exact) mass is 364 g/mol. The van der Waals surface area contributed by atoms with Crippen molar-refractivity contribution >= 4 is 21.8 Å². The smallest absolute Gasteiger partial charge is 0.220 e. The molecule has 0 bridgehead atoms. The summed E-state index contributed by atoms with van der Waals surface area (Å²) in [5.74, 6) is 0.552. The molecular weight excluding hydrogens is 340 g/mol. The molecule has 3 N–H and O–H groups in total. The van der Waals surface area contributed by atoms with E-state index in [2.05, 4.69) is 45.5 Å². The molecule has 120 valence electrons. The fourth-order valence-corrected chi connectivity index (χ4v) is 4.14. The van der Waals surface area contributed by atoms with Gasteiger partial charge in [0.25, 0.3) is 0 Å². The Labute approximate surface area is 141 Å². The fourth-order valence-electron chi connectivity index (χ4n) is 3.87. The first kappa shape index (κ1) is 16.0. The highest BCUT2D eigenvalue weighted by molar-refractivity contribution is 9.10. The van der Waals surface area contributed by atoms with Gasteiger partial charge in [-0.15, -0.1) is 0 Å². The maximum absolute atomic E-state index is 12.2. The molecule has 3 nitrogen and oxygen atoms in total. The minimum atomic E-state index is 0.147. The molecular formula is C18H25BrN2O. The number of carbonyl (C=O) groups excluding carboxylic acids is 1. The van der Waals surface area contributed by atoms with Crippen LogP contribution in [0.1, 0.15) is 50.5 Å². The average Bonchev–Trinajstić information content (AvgIpc) is 2.85. The van der Waals surface area contributed by atoms with E-state index < -0.39 is 0 Å². The van der Waals surface area contributed by atoms with Crippen molar-refractivity contribution in [3.63, 3.8) is 0 Å². The van der Waals surface area contributed by atoms with Gasteiger partial charge in [-0.05, 0) is 49.3 Å². The summed E-state index contributed by atoms with van der Waals surface area (Å²) in [7, 11) is 0. The van der Waals surface area contributed by atoms with E-state index in [1.165, 1.54) is 18.4 Å². The predicted molar refractivity (Wildman–Crippen MR) is 92.6 cm³/mol. The summed E-state index contributed by atoms with van der Waals surface area (Å²) < 4.78 is 1.10. The van der Waals surface area contributed by atoms with Crippen LogP contribution in [0.4, 0.5) is 0 Å². The zero-order valence-electron chi connectivity index (χ0n) is 13.0. The standard InChI is InChI=1S/C18H25BrN2O/c19-15-7-5-14(6-8-15)18(9-2-10-18)12-21-17(22)11-13-3-1-4-16(13)20/h5-8,13,16H,1-4,9-12,20H2,(H,21,22)/t13-,16+/m0/s1. The maximum atomic E-state index is 12.2. The summed E-state index contributed by atoms with van der Waals surface area (Å²) in [5.41, 5.74) is 7.56. The molecule has 2 aliphatic carbocycles. The second-order valence-corrected chi connectivity index (χ2v) is 7.89. The maximum Gasteiger partial charge on any atom is 0.220 e. The van der Waals surface area contributed by atoms with E-state index in [4.69, 9.17) is 5.73 Å². The first-order valence-corrected chi connectivity index (χ1v) is 9.17. The van der Waals surface area contributed by atoms with Gasteiger partial charge in [0.1, 0.15) is 0 Å². The quantitative estimate of drug-likeness (QED) is 0.839. The Balaban J connectivity index is 1.56. The third kappa shape index (κ3) is 3.38. The van der Waals surface area contributed by atoms with E-state index in [-0.39, 0.29) is 17.4 Å². The van der Waals surface area contributed by atoms with Gasteiger partial charge in [-0.2, -0.15) is 0 Å². The third-order valence-electron chi connectivity index (χ3n) is 5.56. The first-order chi connectivity index (χ1) is 10.6. The highest BCUT2D eigenvalue weighted by atomic mass is 79.9. The van der Waals surface area contributed by atoms with E-state index in [0.29, 0.717) is 12.3 Å². The molecule has 0 unspecified atom stereocenters. The van der Waals surface area contributed by atoms with Crippen molar-refractivity contribution in [1.29, 1.82) is 0 Å². The van der Waals surface area contributed by atoms with Gasteiger partial charge >= 0.3 is 0 Å². The Morgan fingerprint density at radius 1 is 1.23 bits per heavy atom. The van der Waals surface area contributed by atoms with Gasteiger partial charge in [-0.25, -0.2) is 0 Å². The molecule has 4 heteroatoms. The van der Waals surface area contributed by atoms with Crippen LogP contribution >= 0.6 is 15.9 Å². The van der Waals surface area contributed by atoms with Crippen LogP contribution in [0.5, 0.6) is 0 Å². The number of hydrogen-bond acceptors (Lipinski definition) is 2. The van der Waals surface area contributed by atoms with E-state index >= 15 is 0 Å². The number of rotatable bonds is 5. The number of halogens is 1. The Kier molecular flexibility index (Phi) is 4.88. The Hall–Kier alpha value is -0.870. The van der Waals surface area contributed by atoms with Crippen LogP contribution in [0.25, 0.3) is 0 Å². The highest BCUT2D eigenvalue weighted by Crippen LogP contribution is 2.43. The molecule has 0 heterocycles. The Bertz CT molecular complexity index is 524. The molecule has 1 aromatic rings. The van der Waals surface area contributed by atoms with Crippen molar-refractivity contribution in [3.05, 3.63) is 34.3 Å². The minimum Gasteiger partial charge on any atom is -0.355 e. The van der Waals surface area contributed by atoms with Crippen molar-refractivity contribution in [2.24, 2.45) is 11.7 Å². The Morgan fingerprint density at radius 2 is 1.95 bits per heavy atom. The minimum absolute atomic E-state index is 0.147. The number of benzene rings is 1. The van der Waals surface area contributed by atoms with E-state index in [1.807, 2.05) is 0 Å². The summed E-state index contributed by atoms with van der Waals surface area (Å²) >= 11 is 3.49. The van der Waals surface area contributed by atoms with Gasteiger partial charge in [0.2, 0.25) is 5.91 Å². The summed E-state index contributed by atoms with van der Waals surface area (Å²) in [4.78, 5) is 12.2. The van der Waals surface area contributed by atoms with Gasteiger partial charge in [-0.3, -0.25) is 4.79 Å². The van der Waals surface area contributed by atoms with Gasteiger partial charge in [-0.1, -0.05) is 40.9 Å². The lowest BCUT2D eigenvalue weighted by Gasteiger charge is -2.42. The van der Waals surface area contributed by atoms with Crippen molar-refractivity contribution in [2.75, 3.05) is 6.54 Å². The number of carbonyl (C=O) groups is 1. The lowest BCUT2D eigenvalue weighted by atomic mass is 9.64. The van der Waals surface area contributed by atoms with Gasteiger partial charge in [0.15, 0.2) is 0 Å². The topological polar surface area (TPSA) is 55.1 Å². The van der Waals surface area contributed by atoms with E-state index in [0.717, 1.165) is 36.7 Å². The van der Waals surface area contributed by atoms with Crippen LogP contribution in [-0.2, 0) is 10.2 Å². The first-order valence-electron chi connectivity index (χ1n) is 8.37. The van der Waals surface area contributed by atoms with Crippen molar-refractivity contribution in [1.82, 2.24) is 5.32 Å². The summed E-state index contributed by atoms with van der Waals surface area (Å²) in [6.07, 6.45) is 7.52. The summed E-state index contributed by atoms with van der Waals surface area (Å²) in [6, 6.07) is 8.77. The molecule has 2 saturated carbocycles. The number of nitrogens with two attached hydrogens (primary N) is 1. The second kappa shape index (κ2) is 6.71. The average molecular weight is 365 g/mol. The normalized spacial score (nSPS) is 26.5. The van der Waals surface area contributed by atoms with Crippen LogP contribution in [0.15, 0.2) is 28.7 Å². The van der Waals surface area contributed by atoms with Gasteiger partial charge < -0.3 is 11.1 Å². The van der Waals surface area contributed by atoms with Crippen molar-refractivity contribution < 1.29 is 4.79 Å². The van der Waals surface area contributed by atoms with Crippen molar-refractivity contribution in [2.45, 2.75) is 56.4 Å². The lowest BCUT2D eigenvalue weighted by Crippen LogP contribution is -2.46. The molecule has 2 atom stereocenters. The molecule has 3 rings (SSSR count). The molecule has 0 radical (unpaired) electrons. The number of hydrogen-bond donors (Lipinski definition) is 2. The molecule has 0 spiro atoms. The molecule has 1 aromatic carbocycles. The van der Waals surface area contributed by atoms with Crippen LogP contribution in [-0.4, -0.2) is 18.5 Å². The SMILES string of the molecule is N[C@@H]1CCC[C@H]1CC(=O)NCC1(c2ccc(Br)cc2)CCC1.